The third-order valence-corrected chi connectivity index (χ3v) is 17.9. The number of ether oxygens (including phenoxy) is 11. The normalized spacial score (nSPS) is 31.2. The van der Waals surface area contributed by atoms with Crippen molar-refractivity contribution in [3.8, 4) is 0 Å². The van der Waals surface area contributed by atoms with Crippen LogP contribution in [0.3, 0.4) is 0 Å². The van der Waals surface area contributed by atoms with E-state index in [-0.39, 0.29) is 6.10 Å². The molecular weight excluding hydrogens is 925 g/mol. The minimum atomic E-state index is -0.125. The van der Waals surface area contributed by atoms with Crippen molar-refractivity contribution in [3.05, 3.63) is 0 Å². The number of aliphatic hydroxyl groups is 1. The largest absolute Gasteiger partial charge is 0.393 e. The lowest BCUT2D eigenvalue weighted by atomic mass is 9.81. The van der Waals surface area contributed by atoms with Gasteiger partial charge in [0.25, 0.3) is 0 Å². The Morgan fingerprint density at radius 3 is 0.959 bits per heavy atom. The third-order valence-electron chi connectivity index (χ3n) is 17.9. The van der Waals surface area contributed by atoms with Gasteiger partial charge in [0, 0.05) is 106 Å². The van der Waals surface area contributed by atoms with Crippen LogP contribution in [0, 0.1) is 41.4 Å². The molecule has 3 heterocycles. The van der Waals surface area contributed by atoms with E-state index >= 15 is 0 Å². The zero-order chi connectivity index (χ0) is 50.4. The molecule has 14 unspecified atom stereocenters. The van der Waals surface area contributed by atoms with Gasteiger partial charge in [0.15, 0.2) is 0 Å². The molecule has 12 nitrogen and oxygen atoms in total. The number of fused-ring (bicyclic) bond motifs is 3. The Balaban J connectivity index is 0.762. The zero-order valence-corrected chi connectivity index (χ0v) is 46.5. The fraction of sp³-hybridized carbons (Fsp3) is 1.00. The Kier molecular flexibility index (Phi) is 30.2. The van der Waals surface area contributed by atoms with Crippen LogP contribution in [-0.4, -0.2) is 154 Å². The first-order valence-electron chi connectivity index (χ1n) is 31.3. The predicted octanol–water partition coefficient (Wildman–Crippen LogP) is 11.9. The first-order valence-corrected chi connectivity index (χ1v) is 31.3. The molecule has 0 spiro atoms. The maximum absolute atomic E-state index is 10.0. The Labute approximate surface area is 445 Å². The monoisotopic (exact) mass is 1030 g/mol. The lowest BCUT2D eigenvalue weighted by Crippen LogP contribution is -2.29. The molecule has 14 atom stereocenters. The van der Waals surface area contributed by atoms with E-state index in [4.69, 9.17) is 52.1 Å². The van der Waals surface area contributed by atoms with Crippen LogP contribution in [0.4, 0.5) is 0 Å². The molecule has 0 aromatic carbocycles. The lowest BCUT2D eigenvalue weighted by molar-refractivity contribution is -0.000282. The smallest absolute Gasteiger partial charge is 0.0845 e. The lowest BCUT2D eigenvalue weighted by Gasteiger charge is -2.30. The number of hydrogen-bond acceptors (Lipinski definition) is 12. The maximum Gasteiger partial charge on any atom is 0.0845 e. The van der Waals surface area contributed by atoms with E-state index in [1.54, 1.807) is 0 Å². The van der Waals surface area contributed by atoms with Gasteiger partial charge in [0.05, 0.1) is 42.7 Å². The average Bonchev–Trinajstić information content (AvgIpc) is 4.31. The molecule has 0 bridgehead atoms. The molecule has 73 heavy (non-hydrogen) atoms. The van der Waals surface area contributed by atoms with Crippen LogP contribution in [0.15, 0.2) is 0 Å². The van der Waals surface area contributed by atoms with Gasteiger partial charge >= 0.3 is 0 Å². The highest BCUT2D eigenvalue weighted by atomic mass is 16.6. The Morgan fingerprint density at radius 2 is 0.630 bits per heavy atom. The number of hydrogen-bond donors (Lipinski definition) is 1. The topological polar surface area (TPSA) is 132 Å². The van der Waals surface area contributed by atoms with Crippen molar-refractivity contribution in [3.63, 3.8) is 0 Å². The van der Waals surface area contributed by atoms with Gasteiger partial charge in [-0.05, 0) is 183 Å². The highest BCUT2D eigenvalue weighted by molar-refractivity contribution is 4.93. The summed E-state index contributed by atoms with van der Waals surface area (Å²) < 4.78 is 67.1. The van der Waals surface area contributed by atoms with Gasteiger partial charge < -0.3 is 57.2 Å². The molecule has 4 saturated carbocycles. The molecule has 0 aromatic heterocycles. The first kappa shape index (κ1) is 60.2. The number of aliphatic hydroxyl groups excluding tert-OH is 1. The minimum absolute atomic E-state index is 0.125. The van der Waals surface area contributed by atoms with Crippen LogP contribution in [0.2, 0.25) is 0 Å². The summed E-state index contributed by atoms with van der Waals surface area (Å²) in [6, 6.07) is 0. The fourth-order valence-corrected chi connectivity index (χ4v) is 12.7. The van der Waals surface area contributed by atoms with E-state index in [1.165, 1.54) is 109 Å². The van der Waals surface area contributed by atoms with Crippen molar-refractivity contribution < 1.29 is 57.2 Å². The average molecular weight is 1040 g/mol. The standard InChI is InChI=1S/C61H110O12/c1-48-38-49(18-22-55(48)62)42-65-30-12-4-2-10-28-63-36-26-53(46-69-34-16-8-6-14-32-67-44-51-20-24-57-60(40-51)72-57)54(47-70-35-17-9-7-15-33-68-45-52-21-25-58-61(41-52)73-58)27-37-64-29-11-3-5-13-31-66-43-50-19-23-56-59(39-50)71-56/h48-62H,2-47H2,1H3. The Hall–Kier alpha value is -0.480. The van der Waals surface area contributed by atoms with Gasteiger partial charge in [-0.25, -0.2) is 0 Å². The summed E-state index contributed by atoms with van der Waals surface area (Å²) in [5.74, 6) is 3.82. The van der Waals surface area contributed by atoms with Crippen LogP contribution in [0.25, 0.3) is 0 Å². The van der Waals surface area contributed by atoms with Crippen molar-refractivity contribution in [2.24, 2.45) is 41.4 Å². The van der Waals surface area contributed by atoms with E-state index in [9.17, 15) is 5.11 Å². The number of rotatable bonds is 47. The molecule has 0 amide bonds. The van der Waals surface area contributed by atoms with E-state index in [0.717, 1.165) is 189 Å². The summed E-state index contributed by atoms with van der Waals surface area (Å²) in [7, 11) is 0. The molecule has 3 aliphatic heterocycles. The van der Waals surface area contributed by atoms with Crippen LogP contribution >= 0.6 is 0 Å². The van der Waals surface area contributed by atoms with Gasteiger partial charge in [0.2, 0.25) is 0 Å². The summed E-state index contributed by atoms with van der Waals surface area (Å²) in [6.07, 6.45) is 37.7. The van der Waals surface area contributed by atoms with Crippen molar-refractivity contribution in [1.29, 1.82) is 0 Å². The van der Waals surface area contributed by atoms with Crippen LogP contribution in [0.1, 0.15) is 200 Å². The SMILES string of the molecule is CC1CC(COCCCCCCOCCC(COCCCCCCOCC2CCC3OC3C2)C(CCOCCCCCCOCC2CCC3OC3C2)COCCCCCCOCC2CCC3OC3C2)CCC1O. The molecule has 4 aliphatic carbocycles. The number of epoxide rings is 3. The van der Waals surface area contributed by atoms with Crippen molar-refractivity contribution >= 4 is 0 Å². The fourth-order valence-electron chi connectivity index (χ4n) is 12.7. The van der Waals surface area contributed by atoms with Crippen molar-refractivity contribution in [2.45, 2.75) is 242 Å². The molecule has 0 aromatic rings. The minimum Gasteiger partial charge on any atom is -0.393 e. The summed E-state index contributed by atoms with van der Waals surface area (Å²) in [5, 5.41) is 10.0. The predicted molar refractivity (Wildman–Crippen MR) is 287 cm³/mol. The maximum atomic E-state index is 10.0. The summed E-state index contributed by atoms with van der Waals surface area (Å²) in [6.45, 7) is 15.5. The second-order valence-electron chi connectivity index (χ2n) is 24.3. The first-order chi connectivity index (χ1) is 36.1. The molecule has 12 heteroatoms. The molecule has 0 radical (unpaired) electrons. The Morgan fingerprint density at radius 1 is 0.329 bits per heavy atom. The second-order valence-corrected chi connectivity index (χ2v) is 24.3. The molecule has 7 aliphatic rings. The highest BCUT2D eigenvalue weighted by Gasteiger charge is 2.45. The zero-order valence-electron chi connectivity index (χ0n) is 46.5. The molecule has 7 fully saturated rings. The molecule has 426 valence electrons. The highest BCUT2D eigenvalue weighted by Crippen LogP contribution is 2.41. The summed E-state index contributed by atoms with van der Waals surface area (Å²) in [5.41, 5.74) is 0. The van der Waals surface area contributed by atoms with Gasteiger partial charge in [-0.2, -0.15) is 0 Å². The van der Waals surface area contributed by atoms with E-state index in [2.05, 4.69) is 6.92 Å². The van der Waals surface area contributed by atoms with E-state index in [1.807, 2.05) is 0 Å². The number of unbranched alkanes of at least 4 members (excludes halogenated alkanes) is 12. The third kappa shape index (κ3) is 25.9. The quantitative estimate of drug-likeness (QED) is 0.0460. The van der Waals surface area contributed by atoms with Crippen molar-refractivity contribution in [2.75, 3.05) is 106 Å². The molecule has 1 N–H and O–H groups in total. The Bertz CT molecular complexity index is 1360. The van der Waals surface area contributed by atoms with Gasteiger partial charge in [-0.3, -0.25) is 0 Å². The van der Waals surface area contributed by atoms with Crippen LogP contribution < -0.4 is 0 Å². The van der Waals surface area contributed by atoms with Gasteiger partial charge in [0.1, 0.15) is 0 Å². The summed E-state index contributed by atoms with van der Waals surface area (Å²) >= 11 is 0. The molecule has 3 saturated heterocycles. The van der Waals surface area contributed by atoms with Crippen LogP contribution in [-0.2, 0) is 52.1 Å². The van der Waals surface area contributed by atoms with Gasteiger partial charge in [-0.15, -0.1) is 0 Å². The van der Waals surface area contributed by atoms with E-state index < -0.39 is 0 Å². The van der Waals surface area contributed by atoms with Crippen molar-refractivity contribution in [1.82, 2.24) is 0 Å². The van der Waals surface area contributed by atoms with Gasteiger partial charge in [-0.1, -0.05) is 58.3 Å². The summed E-state index contributed by atoms with van der Waals surface area (Å²) in [4.78, 5) is 0. The van der Waals surface area contributed by atoms with E-state index in [0.29, 0.717) is 78.0 Å². The van der Waals surface area contributed by atoms with Crippen LogP contribution in [0.5, 0.6) is 0 Å². The molecule has 7 rings (SSSR count). The molecular formula is C61H110O12. The second kappa shape index (κ2) is 36.6.